The monoisotopic (exact) mass is 334 g/mol. The summed E-state index contributed by atoms with van der Waals surface area (Å²) in [6.45, 7) is 13.0. The predicted molar refractivity (Wildman–Crippen MR) is 84.4 cm³/mol. The molecule has 0 aromatic rings. The fourth-order valence-electron chi connectivity index (χ4n) is 1.32. The van der Waals surface area contributed by atoms with Gasteiger partial charge in [-0.3, -0.25) is 0 Å². The first-order valence-electron chi connectivity index (χ1n) is 7.72. The molecule has 23 heavy (non-hydrogen) atoms. The van der Waals surface area contributed by atoms with Crippen LogP contribution >= 0.6 is 0 Å². The summed E-state index contributed by atoms with van der Waals surface area (Å²) in [5.41, 5.74) is -1.15. The molecule has 0 aliphatic heterocycles. The molecule has 0 aromatic carbocycles. The molecule has 0 amide bonds. The van der Waals surface area contributed by atoms with Crippen molar-refractivity contribution in [3.63, 3.8) is 0 Å². The maximum absolute atomic E-state index is 11.3. The van der Waals surface area contributed by atoms with Gasteiger partial charge in [0, 0.05) is 6.42 Å². The first-order chi connectivity index (χ1) is 10.4. The number of ether oxygens (including phenoxy) is 5. The van der Waals surface area contributed by atoms with Gasteiger partial charge in [0.05, 0.1) is 19.3 Å². The minimum atomic E-state index is -0.720. The van der Waals surface area contributed by atoms with Crippen molar-refractivity contribution >= 4 is 12.3 Å². The Kier molecular flexibility index (Phi) is 8.97. The van der Waals surface area contributed by atoms with Crippen molar-refractivity contribution in [2.24, 2.45) is 0 Å². The molecule has 0 N–H and O–H groups in total. The highest BCUT2D eigenvalue weighted by atomic mass is 16.7. The standard InChI is InChI=1S/C16H30O7/c1-12(8-9-20-13(17)22-15(2,3)4)19-10-11-21-14(18)23-16(5,6)7/h12H,8-11H2,1-7H3. The van der Waals surface area contributed by atoms with Crippen LogP contribution in [0, 0.1) is 0 Å². The van der Waals surface area contributed by atoms with Gasteiger partial charge in [-0.1, -0.05) is 0 Å². The Morgan fingerprint density at radius 3 is 1.65 bits per heavy atom. The molecule has 0 heterocycles. The van der Waals surface area contributed by atoms with E-state index >= 15 is 0 Å². The number of carbonyl (C=O) groups is 2. The molecule has 0 rings (SSSR count). The molecule has 0 radical (unpaired) electrons. The quantitative estimate of drug-likeness (QED) is 0.519. The molecule has 0 fully saturated rings. The van der Waals surface area contributed by atoms with Crippen LogP contribution in [-0.2, 0) is 23.7 Å². The van der Waals surface area contributed by atoms with Crippen molar-refractivity contribution in [1.29, 1.82) is 0 Å². The topological polar surface area (TPSA) is 80.3 Å². The van der Waals surface area contributed by atoms with Crippen LogP contribution in [0.4, 0.5) is 9.59 Å². The summed E-state index contributed by atoms with van der Waals surface area (Å²) >= 11 is 0. The maximum Gasteiger partial charge on any atom is 0.508 e. The third-order valence-electron chi connectivity index (χ3n) is 2.23. The molecule has 0 saturated heterocycles. The predicted octanol–water partition coefficient (Wildman–Crippen LogP) is 3.69. The Bertz CT molecular complexity index is 366. The van der Waals surface area contributed by atoms with Crippen molar-refractivity contribution in [2.75, 3.05) is 19.8 Å². The fourth-order valence-corrected chi connectivity index (χ4v) is 1.32. The second-order valence-electron chi connectivity index (χ2n) is 7.10. The van der Waals surface area contributed by atoms with Gasteiger partial charge in [0.25, 0.3) is 0 Å². The van der Waals surface area contributed by atoms with Gasteiger partial charge in [0.15, 0.2) is 0 Å². The zero-order chi connectivity index (χ0) is 18.1. The van der Waals surface area contributed by atoms with Gasteiger partial charge in [0.2, 0.25) is 0 Å². The molecule has 7 heteroatoms. The van der Waals surface area contributed by atoms with Gasteiger partial charge < -0.3 is 23.7 Å². The summed E-state index contributed by atoms with van der Waals surface area (Å²) < 4.78 is 25.3. The van der Waals surface area contributed by atoms with Gasteiger partial charge >= 0.3 is 12.3 Å². The molecule has 0 aromatic heterocycles. The molecule has 1 atom stereocenters. The Hall–Kier alpha value is -1.50. The summed E-state index contributed by atoms with van der Waals surface area (Å²) in [6, 6.07) is 0. The summed E-state index contributed by atoms with van der Waals surface area (Å²) in [5.74, 6) is 0. The van der Waals surface area contributed by atoms with Gasteiger partial charge in [0.1, 0.15) is 17.8 Å². The summed E-state index contributed by atoms with van der Waals surface area (Å²) in [7, 11) is 0. The van der Waals surface area contributed by atoms with E-state index in [1.54, 1.807) is 41.5 Å². The Labute approximate surface area is 138 Å². The van der Waals surface area contributed by atoms with Crippen LogP contribution in [0.1, 0.15) is 54.9 Å². The number of hydrogen-bond donors (Lipinski definition) is 0. The van der Waals surface area contributed by atoms with E-state index in [4.69, 9.17) is 23.7 Å². The van der Waals surface area contributed by atoms with Gasteiger partial charge in [-0.2, -0.15) is 0 Å². The fraction of sp³-hybridized carbons (Fsp3) is 0.875. The number of hydrogen-bond acceptors (Lipinski definition) is 7. The van der Waals surface area contributed by atoms with Crippen LogP contribution in [0.2, 0.25) is 0 Å². The molecule has 7 nitrogen and oxygen atoms in total. The molecule has 0 spiro atoms. The van der Waals surface area contributed by atoms with E-state index in [-0.39, 0.29) is 25.9 Å². The lowest BCUT2D eigenvalue weighted by molar-refractivity contribution is -0.0351. The van der Waals surface area contributed by atoms with Gasteiger partial charge in [-0.25, -0.2) is 9.59 Å². The molecule has 0 aliphatic carbocycles. The molecular weight excluding hydrogens is 304 g/mol. The second kappa shape index (κ2) is 9.60. The van der Waals surface area contributed by atoms with Crippen molar-refractivity contribution in [3.8, 4) is 0 Å². The summed E-state index contributed by atoms with van der Waals surface area (Å²) in [4.78, 5) is 22.6. The number of rotatable bonds is 7. The first kappa shape index (κ1) is 21.5. The molecule has 0 bridgehead atoms. The average Bonchev–Trinajstić information content (AvgIpc) is 2.30. The molecule has 136 valence electrons. The summed E-state index contributed by atoms with van der Waals surface area (Å²) in [6.07, 6.45) is -1.04. The second-order valence-corrected chi connectivity index (χ2v) is 7.10. The largest absolute Gasteiger partial charge is 0.508 e. The zero-order valence-electron chi connectivity index (χ0n) is 15.3. The maximum atomic E-state index is 11.3. The van der Waals surface area contributed by atoms with Crippen molar-refractivity contribution in [2.45, 2.75) is 72.2 Å². The van der Waals surface area contributed by atoms with Crippen molar-refractivity contribution < 1.29 is 33.3 Å². The van der Waals surface area contributed by atoms with Crippen molar-refractivity contribution in [1.82, 2.24) is 0 Å². The Morgan fingerprint density at radius 1 is 0.783 bits per heavy atom. The zero-order valence-corrected chi connectivity index (χ0v) is 15.3. The lowest BCUT2D eigenvalue weighted by Gasteiger charge is -2.20. The van der Waals surface area contributed by atoms with Crippen molar-refractivity contribution in [3.05, 3.63) is 0 Å². The van der Waals surface area contributed by atoms with Crippen LogP contribution in [0.5, 0.6) is 0 Å². The normalized spacial score (nSPS) is 13.2. The Balaban J connectivity index is 3.67. The lowest BCUT2D eigenvalue weighted by atomic mass is 10.2. The highest BCUT2D eigenvalue weighted by molar-refractivity contribution is 5.60. The van der Waals surface area contributed by atoms with E-state index in [0.717, 1.165) is 0 Å². The van der Waals surface area contributed by atoms with E-state index in [1.165, 1.54) is 0 Å². The lowest BCUT2D eigenvalue weighted by Crippen LogP contribution is -2.26. The summed E-state index contributed by atoms with van der Waals surface area (Å²) in [5, 5.41) is 0. The number of carbonyl (C=O) groups excluding carboxylic acids is 2. The van der Waals surface area contributed by atoms with E-state index in [2.05, 4.69) is 0 Å². The third-order valence-corrected chi connectivity index (χ3v) is 2.23. The molecular formula is C16H30O7. The molecule has 1 unspecified atom stereocenters. The minimum absolute atomic E-state index is 0.103. The first-order valence-corrected chi connectivity index (χ1v) is 7.72. The van der Waals surface area contributed by atoms with Crippen LogP contribution < -0.4 is 0 Å². The van der Waals surface area contributed by atoms with Crippen LogP contribution in [0.15, 0.2) is 0 Å². The SMILES string of the molecule is CC(CCOC(=O)OC(C)(C)C)OCCOC(=O)OC(C)(C)C. The van der Waals surface area contributed by atoms with Gasteiger partial charge in [-0.15, -0.1) is 0 Å². The minimum Gasteiger partial charge on any atom is -0.434 e. The Morgan fingerprint density at radius 2 is 1.22 bits per heavy atom. The van der Waals surface area contributed by atoms with E-state index in [0.29, 0.717) is 6.42 Å². The molecule has 0 aliphatic rings. The van der Waals surface area contributed by atoms with Crippen LogP contribution in [-0.4, -0.2) is 49.4 Å². The smallest absolute Gasteiger partial charge is 0.434 e. The molecule has 0 saturated carbocycles. The average molecular weight is 334 g/mol. The third kappa shape index (κ3) is 15.2. The highest BCUT2D eigenvalue weighted by Crippen LogP contribution is 2.09. The highest BCUT2D eigenvalue weighted by Gasteiger charge is 2.18. The van der Waals surface area contributed by atoms with Crippen LogP contribution in [0.3, 0.4) is 0 Å². The van der Waals surface area contributed by atoms with Gasteiger partial charge in [-0.05, 0) is 48.5 Å². The van der Waals surface area contributed by atoms with Crippen LogP contribution in [0.25, 0.3) is 0 Å². The van der Waals surface area contributed by atoms with E-state index < -0.39 is 23.5 Å². The van der Waals surface area contributed by atoms with E-state index in [1.807, 2.05) is 6.92 Å². The van der Waals surface area contributed by atoms with E-state index in [9.17, 15) is 9.59 Å².